The molecule has 1 amide bonds. The Bertz CT molecular complexity index is 458. The molecule has 0 bridgehead atoms. The highest BCUT2D eigenvalue weighted by atomic mass is 16.3. The lowest BCUT2D eigenvalue weighted by molar-refractivity contribution is -0.117. The monoisotopic (exact) mass is 264 g/mol. The highest BCUT2D eigenvalue weighted by molar-refractivity contribution is 5.97. The number of carbonyl (C=O) groups excluding carboxylic acids is 2. The van der Waals surface area contributed by atoms with E-state index in [4.69, 9.17) is 0 Å². The maximum Gasteiger partial charge on any atom is 0.238 e. The maximum absolute atomic E-state index is 11.8. The van der Waals surface area contributed by atoms with Crippen LogP contribution >= 0.6 is 0 Å². The molecule has 0 aromatic heterocycles. The van der Waals surface area contributed by atoms with Gasteiger partial charge in [0.2, 0.25) is 5.91 Å². The van der Waals surface area contributed by atoms with E-state index in [2.05, 4.69) is 5.32 Å². The van der Waals surface area contributed by atoms with Gasteiger partial charge in [-0.1, -0.05) is 12.1 Å². The molecule has 0 fully saturated rings. The van der Waals surface area contributed by atoms with Crippen molar-refractivity contribution in [2.45, 2.75) is 20.0 Å². The Kier molecular flexibility index (Phi) is 5.66. The Morgan fingerprint density at radius 1 is 1.42 bits per heavy atom. The molecule has 0 aliphatic rings. The zero-order valence-electron chi connectivity index (χ0n) is 11.5. The van der Waals surface area contributed by atoms with Gasteiger partial charge in [-0.2, -0.15) is 0 Å². The van der Waals surface area contributed by atoms with Crippen molar-refractivity contribution >= 4 is 17.4 Å². The lowest BCUT2D eigenvalue weighted by Gasteiger charge is -2.17. The second-order valence-electron chi connectivity index (χ2n) is 4.73. The van der Waals surface area contributed by atoms with Crippen molar-refractivity contribution in [3.8, 4) is 0 Å². The number of aliphatic hydroxyl groups is 1. The molecule has 1 aromatic rings. The fourth-order valence-corrected chi connectivity index (χ4v) is 1.78. The van der Waals surface area contributed by atoms with Gasteiger partial charge in [-0.05, 0) is 33.0 Å². The molecule has 104 valence electrons. The van der Waals surface area contributed by atoms with Crippen molar-refractivity contribution in [1.29, 1.82) is 0 Å². The Labute approximate surface area is 113 Å². The largest absolute Gasteiger partial charge is 0.392 e. The predicted molar refractivity (Wildman–Crippen MR) is 74.3 cm³/mol. The van der Waals surface area contributed by atoms with Gasteiger partial charge in [-0.15, -0.1) is 0 Å². The molecule has 0 aliphatic carbocycles. The average Bonchev–Trinajstić information content (AvgIpc) is 2.27. The molecule has 0 spiro atoms. The highest BCUT2D eigenvalue weighted by Gasteiger charge is 2.09. The molecule has 1 aromatic carbocycles. The van der Waals surface area contributed by atoms with Crippen LogP contribution in [0.2, 0.25) is 0 Å². The van der Waals surface area contributed by atoms with E-state index in [0.717, 1.165) is 0 Å². The van der Waals surface area contributed by atoms with E-state index in [1.807, 2.05) is 0 Å². The van der Waals surface area contributed by atoms with Gasteiger partial charge in [0.15, 0.2) is 5.78 Å². The third-order valence-electron chi connectivity index (χ3n) is 2.54. The molecule has 19 heavy (non-hydrogen) atoms. The number of Topliss-reactive ketones (excluding diaryl/α,β-unsaturated/α-hetero) is 1. The highest BCUT2D eigenvalue weighted by Crippen LogP contribution is 2.11. The summed E-state index contributed by atoms with van der Waals surface area (Å²) < 4.78 is 0. The van der Waals surface area contributed by atoms with Gasteiger partial charge in [0.25, 0.3) is 0 Å². The first kappa shape index (κ1) is 15.3. The molecular formula is C14H20N2O3. The molecule has 2 N–H and O–H groups in total. The summed E-state index contributed by atoms with van der Waals surface area (Å²) in [4.78, 5) is 24.7. The Morgan fingerprint density at radius 3 is 2.68 bits per heavy atom. The van der Waals surface area contributed by atoms with E-state index >= 15 is 0 Å². The van der Waals surface area contributed by atoms with Crippen LogP contribution in [0.3, 0.4) is 0 Å². The third kappa shape index (κ3) is 5.63. The summed E-state index contributed by atoms with van der Waals surface area (Å²) in [5.41, 5.74) is 1.17. The van der Waals surface area contributed by atoms with Crippen LogP contribution in [0.4, 0.5) is 5.69 Å². The lowest BCUT2D eigenvalue weighted by Crippen LogP contribution is -2.34. The normalized spacial score (nSPS) is 12.3. The van der Waals surface area contributed by atoms with E-state index in [9.17, 15) is 14.7 Å². The SMILES string of the molecule is CC(=O)c1cccc(NC(=O)CN(C)CC(C)O)c1. The van der Waals surface area contributed by atoms with E-state index in [-0.39, 0.29) is 18.2 Å². The number of aliphatic hydroxyl groups excluding tert-OH is 1. The van der Waals surface area contributed by atoms with Crippen molar-refractivity contribution < 1.29 is 14.7 Å². The molecule has 1 atom stereocenters. The first-order chi connectivity index (χ1) is 8.88. The molecule has 1 rings (SSSR count). The predicted octanol–water partition coefficient (Wildman–Crippen LogP) is 1.14. The molecule has 0 saturated carbocycles. The fraction of sp³-hybridized carbons (Fsp3) is 0.429. The second kappa shape index (κ2) is 7.01. The number of amides is 1. The lowest BCUT2D eigenvalue weighted by atomic mass is 10.1. The number of ketones is 1. The Morgan fingerprint density at radius 2 is 2.11 bits per heavy atom. The minimum Gasteiger partial charge on any atom is -0.392 e. The van der Waals surface area contributed by atoms with E-state index in [1.54, 1.807) is 43.1 Å². The number of carbonyl (C=O) groups is 2. The van der Waals surface area contributed by atoms with Gasteiger partial charge in [-0.25, -0.2) is 0 Å². The summed E-state index contributed by atoms with van der Waals surface area (Å²) in [6.45, 7) is 3.78. The number of likely N-dealkylation sites (N-methyl/N-ethyl adjacent to an activating group) is 1. The van der Waals surface area contributed by atoms with E-state index in [1.165, 1.54) is 6.92 Å². The molecule has 0 heterocycles. The van der Waals surface area contributed by atoms with Gasteiger partial charge in [0.05, 0.1) is 12.6 Å². The summed E-state index contributed by atoms with van der Waals surface area (Å²) in [6, 6.07) is 6.82. The van der Waals surface area contributed by atoms with Crippen molar-refractivity contribution in [2.24, 2.45) is 0 Å². The molecule has 0 aliphatic heterocycles. The number of nitrogens with zero attached hydrogens (tertiary/aromatic N) is 1. The molecular weight excluding hydrogens is 244 g/mol. The first-order valence-electron chi connectivity index (χ1n) is 6.16. The Hall–Kier alpha value is -1.72. The van der Waals surface area contributed by atoms with Gasteiger partial charge >= 0.3 is 0 Å². The van der Waals surface area contributed by atoms with Crippen LogP contribution in [0, 0.1) is 0 Å². The summed E-state index contributed by atoms with van der Waals surface area (Å²) in [5.74, 6) is -0.217. The van der Waals surface area contributed by atoms with Crippen molar-refractivity contribution in [1.82, 2.24) is 4.90 Å². The fourth-order valence-electron chi connectivity index (χ4n) is 1.78. The number of benzene rings is 1. The molecule has 0 radical (unpaired) electrons. The van der Waals surface area contributed by atoms with Crippen LogP contribution in [0.5, 0.6) is 0 Å². The maximum atomic E-state index is 11.8. The number of rotatable bonds is 6. The summed E-state index contributed by atoms with van der Waals surface area (Å²) in [7, 11) is 1.76. The zero-order chi connectivity index (χ0) is 14.4. The van der Waals surface area contributed by atoms with Gasteiger partial charge in [0.1, 0.15) is 0 Å². The number of hydrogen-bond donors (Lipinski definition) is 2. The van der Waals surface area contributed by atoms with Crippen molar-refractivity contribution in [3.05, 3.63) is 29.8 Å². The van der Waals surface area contributed by atoms with Crippen LogP contribution in [-0.2, 0) is 4.79 Å². The number of nitrogens with one attached hydrogen (secondary N) is 1. The topological polar surface area (TPSA) is 69.6 Å². The van der Waals surface area contributed by atoms with Gasteiger partial charge < -0.3 is 10.4 Å². The molecule has 5 nitrogen and oxygen atoms in total. The second-order valence-corrected chi connectivity index (χ2v) is 4.73. The van der Waals surface area contributed by atoms with Crippen LogP contribution in [0.15, 0.2) is 24.3 Å². The van der Waals surface area contributed by atoms with Crippen LogP contribution in [0.25, 0.3) is 0 Å². The van der Waals surface area contributed by atoms with E-state index < -0.39 is 6.10 Å². The molecule has 5 heteroatoms. The smallest absolute Gasteiger partial charge is 0.238 e. The summed E-state index contributed by atoms with van der Waals surface area (Å²) in [6.07, 6.45) is -0.473. The standard InChI is InChI=1S/C14H20N2O3/c1-10(17)8-16(3)9-14(19)15-13-6-4-5-12(7-13)11(2)18/h4-7,10,17H,8-9H2,1-3H3,(H,15,19). The third-order valence-corrected chi connectivity index (χ3v) is 2.54. The average molecular weight is 264 g/mol. The zero-order valence-corrected chi connectivity index (χ0v) is 11.5. The minimum atomic E-state index is -0.473. The quantitative estimate of drug-likeness (QED) is 0.756. The first-order valence-corrected chi connectivity index (χ1v) is 6.16. The van der Waals surface area contributed by atoms with Crippen molar-refractivity contribution in [3.63, 3.8) is 0 Å². The van der Waals surface area contributed by atoms with E-state index in [0.29, 0.717) is 17.8 Å². The van der Waals surface area contributed by atoms with Crippen molar-refractivity contribution in [2.75, 3.05) is 25.5 Å². The molecule has 1 unspecified atom stereocenters. The number of anilines is 1. The summed E-state index contributed by atoms with van der Waals surface area (Å²) in [5, 5.41) is 11.9. The van der Waals surface area contributed by atoms with Gasteiger partial charge in [0, 0.05) is 17.8 Å². The van der Waals surface area contributed by atoms with Crippen LogP contribution in [0.1, 0.15) is 24.2 Å². The number of hydrogen-bond acceptors (Lipinski definition) is 4. The summed E-state index contributed by atoms with van der Waals surface area (Å²) >= 11 is 0. The molecule has 0 saturated heterocycles. The van der Waals surface area contributed by atoms with Crippen LogP contribution in [-0.4, -0.2) is 47.9 Å². The Balaban J connectivity index is 2.57. The minimum absolute atomic E-state index is 0.0395. The van der Waals surface area contributed by atoms with Gasteiger partial charge in [-0.3, -0.25) is 14.5 Å². The van der Waals surface area contributed by atoms with Crippen LogP contribution < -0.4 is 5.32 Å².